The molecule has 0 atom stereocenters. The third kappa shape index (κ3) is 3.47. The lowest BCUT2D eigenvalue weighted by molar-refractivity contribution is 1.42. The number of anilines is 2. The smallest absolute Gasteiger partial charge is 0.104 e. The second-order valence-corrected chi connectivity index (χ2v) is 5.87. The fourth-order valence-corrected chi connectivity index (χ4v) is 2.42. The zero-order valence-electron chi connectivity index (χ0n) is 10.2. The van der Waals surface area contributed by atoms with E-state index in [1.807, 2.05) is 43.3 Å². The molecule has 2 aromatic rings. The van der Waals surface area contributed by atoms with Crippen LogP contribution in [-0.2, 0) is 0 Å². The first-order valence-corrected chi connectivity index (χ1v) is 7.18. The average Bonchev–Trinajstić information content (AvgIpc) is 2.36. The number of aryl methyl sites for hydroxylation is 1. The molecular formula is C14H12BrClN2S. The Labute approximate surface area is 131 Å². The van der Waals surface area contributed by atoms with Crippen molar-refractivity contribution in [1.29, 1.82) is 0 Å². The number of nitrogens with two attached hydrogens (primary N) is 1. The van der Waals surface area contributed by atoms with Crippen LogP contribution in [0.15, 0.2) is 40.9 Å². The summed E-state index contributed by atoms with van der Waals surface area (Å²) in [6, 6.07) is 11.4. The summed E-state index contributed by atoms with van der Waals surface area (Å²) in [4.78, 5) is 0.381. The Bertz CT molecular complexity index is 643. The van der Waals surface area contributed by atoms with E-state index in [1.54, 1.807) is 0 Å². The molecule has 5 heteroatoms. The molecular weight excluding hydrogens is 344 g/mol. The van der Waals surface area contributed by atoms with Gasteiger partial charge < -0.3 is 11.1 Å². The van der Waals surface area contributed by atoms with Crippen molar-refractivity contribution in [3.05, 3.63) is 57.0 Å². The lowest BCUT2D eigenvalue weighted by Crippen LogP contribution is -2.09. The highest BCUT2D eigenvalue weighted by Gasteiger charge is 2.05. The summed E-state index contributed by atoms with van der Waals surface area (Å²) in [6.45, 7) is 2.02. The highest BCUT2D eigenvalue weighted by Crippen LogP contribution is 2.29. The molecule has 0 aliphatic heterocycles. The van der Waals surface area contributed by atoms with Crippen molar-refractivity contribution < 1.29 is 0 Å². The molecule has 0 spiro atoms. The molecule has 0 amide bonds. The number of rotatable bonds is 3. The number of thiocarbonyl (C=S) groups is 1. The Morgan fingerprint density at radius 3 is 2.58 bits per heavy atom. The number of nitrogens with one attached hydrogen (secondary N) is 1. The largest absolute Gasteiger partial charge is 0.389 e. The molecule has 0 unspecified atom stereocenters. The zero-order chi connectivity index (χ0) is 14.0. The number of benzene rings is 2. The summed E-state index contributed by atoms with van der Waals surface area (Å²) in [7, 11) is 0. The minimum absolute atomic E-state index is 0.381. The summed E-state index contributed by atoms with van der Waals surface area (Å²) in [5, 5.41) is 4.03. The molecule has 0 aromatic heterocycles. The summed E-state index contributed by atoms with van der Waals surface area (Å²) < 4.78 is 0.900. The van der Waals surface area contributed by atoms with Crippen LogP contribution < -0.4 is 11.1 Å². The van der Waals surface area contributed by atoms with Gasteiger partial charge in [-0.2, -0.15) is 0 Å². The summed E-state index contributed by atoms with van der Waals surface area (Å²) in [5.74, 6) is 0. The summed E-state index contributed by atoms with van der Waals surface area (Å²) >= 11 is 14.5. The van der Waals surface area contributed by atoms with E-state index >= 15 is 0 Å². The maximum Gasteiger partial charge on any atom is 0.104 e. The maximum atomic E-state index is 6.00. The molecule has 2 nitrogen and oxygen atoms in total. The van der Waals surface area contributed by atoms with Crippen LogP contribution in [0.3, 0.4) is 0 Å². The van der Waals surface area contributed by atoms with Crippen LogP contribution >= 0.6 is 39.7 Å². The monoisotopic (exact) mass is 354 g/mol. The van der Waals surface area contributed by atoms with Crippen LogP contribution in [0, 0.1) is 6.92 Å². The molecule has 0 radical (unpaired) electrons. The standard InChI is InChI=1S/C14H12BrClN2S/c1-8-2-4-10(16)7-13(8)18-12-5-3-9(14(17)19)6-11(12)15/h2-7,18H,1H3,(H2,17,19). The van der Waals surface area contributed by atoms with Gasteiger partial charge in [0.2, 0.25) is 0 Å². The lowest BCUT2D eigenvalue weighted by atomic mass is 10.1. The second-order valence-electron chi connectivity index (χ2n) is 4.14. The van der Waals surface area contributed by atoms with Crippen LogP contribution in [0.2, 0.25) is 5.02 Å². The molecule has 98 valence electrons. The minimum Gasteiger partial charge on any atom is -0.389 e. The molecule has 0 aliphatic carbocycles. The van der Waals surface area contributed by atoms with Crippen LogP contribution in [0.1, 0.15) is 11.1 Å². The Kier molecular flexibility index (Phi) is 4.45. The van der Waals surface area contributed by atoms with Crippen LogP contribution in [0.25, 0.3) is 0 Å². The van der Waals surface area contributed by atoms with Gasteiger partial charge in [0.1, 0.15) is 4.99 Å². The van der Waals surface area contributed by atoms with Gasteiger partial charge in [0.05, 0.1) is 5.69 Å². The quantitative estimate of drug-likeness (QED) is 0.778. The predicted molar refractivity (Wildman–Crippen MR) is 89.5 cm³/mol. The van der Waals surface area contributed by atoms with E-state index in [0.717, 1.165) is 27.0 Å². The van der Waals surface area contributed by atoms with Gasteiger partial charge in [0.25, 0.3) is 0 Å². The van der Waals surface area contributed by atoms with Crippen molar-refractivity contribution in [1.82, 2.24) is 0 Å². The third-order valence-electron chi connectivity index (χ3n) is 2.72. The van der Waals surface area contributed by atoms with Gasteiger partial charge in [-0.15, -0.1) is 0 Å². The molecule has 2 rings (SSSR count). The van der Waals surface area contributed by atoms with Gasteiger partial charge in [-0.05, 0) is 58.7 Å². The molecule has 0 saturated carbocycles. The van der Waals surface area contributed by atoms with Crippen molar-refractivity contribution in [3.63, 3.8) is 0 Å². The van der Waals surface area contributed by atoms with E-state index in [9.17, 15) is 0 Å². The molecule has 0 saturated heterocycles. The zero-order valence-corrected chi connectivity index (χ0v) is 13.4. The maximum absolute atomic E-state index is 6.00. The first-order chi connectivity index (χ1) is 8.97. The Morgan fingerprint density at radius 1 is 1.21 bits per heavy atom. The van der Waals surface area contributed by atoms with Gasteiger partial charge in [-0.1, -0.05) is 29.9 Å². The van der Waals surface area contributed by atoms with Gasteiger partial charge in [-0.3, -0.25) is 0 Å². The van der Waals surface area contributed by atoms with Gasteiger partial charge >= 0.3 is 0 Å². The van der Waals surface area contributed by atoms with Crippen LogP contribution in [-0.4, -0.2) is 4.99 Å². The SMILES string of the molecule is Cc1ccc(Cl)cc1Nc1ccc(C(N)=S)cc1Br. The van der Waals surface area contributed by atoms with Gasteiger partial charge in [0.15, 0.2) is 0 Å². The number of halogens is 2. The predicted octanol–water partition coefficient (Wildman–Crippen LogP) is 4.79. The van der Waals surface area contributed by atoms with Crippen LogP contribution in [0.5, 0.6) is 0 Å². The fourth-order valence-electron chi connectivity index (χ4n) is 1.64. The van der Waals surface area contributed by atoms with Crippen LogP contribution in [0.4, 0.5) is 11.4 Å². The second kappa shape index (κ2) is 5.90. The first kappa shape index (κ1) is 14.3. The van der Waals surface area contributed by atoms with E-state index in [2.05, 4.69) is 21.2 Å². The molecule has 2 aromatic carbocycles. The van der Waals surface area contributed by atoms with E-state index in [4.69, 9.17) is 29.6 Å². The van der Waals surface area contributed by atoms with E-state index in [1.165, 1.54) is 0 Å². The van der Waals surface area contributed by atoms with Gasteiger partial charge in [0, 0.05) is 20.7 Å². The summed E-state index contributed by atoms with van der Waals surface area (Å²) in [6.07, 6.45) is 0. The molecule has 0 aliphatic rings. The molecule has 0 fully saturated rings. The number of hydrogen-bond acceptors (Lipinski definition) is 2. The Balaban J connectivity index is 2.33. The Hall–Kier alpha value is -1.10. The molecule has 3 N–H and O–H groups in total. The molecule has 0 heterocycles. The molecule has 0 bridgehead atoms. The van der Waals surface area contributed by atoms with Crippen molar-refractivity contribution in [3.8, 4) is 0 Å². The van der Waals surface area contributed by atoms with E-state index < -0.39 is 0 Å². The minimum atomic E-state index is 0.381. The van der Waals surface area contributed by atoms with E-state index in [0.29, 0.717) is 10.0 Å². The topological polar surface area (TPSA) is 38.0 Å². The Morgan fingerprint density at radius 2 is 1.95 bits per heavy atom. The third-order valence-corrected chi connectivity index (χ3v) is 3.85. The highest BCUT2D eigenvalue weighted by atomic mass is 79.9. The van der Waals surface area contributed by atoms with Crippen molar-refractivity contribution in [2.75, 3.05) is 5.32 Å². The normalized spacial score (nSPS) is 10.3. The highest BCUT2D eigenvalue weighted by molar-refractivity contribution is 9.10. The number of hydrogen-bond donors (Lipinski definition) is 2. The molecule has 19 heavy (non-hydrogen) atoms. The summed E-state index contributed by atoms with van der Waals surface area (Å²) in [5.41, 5.74) is 9.46. The lowest BCUT2D eigenvalue weighted by Gasteiger charge is -2.12. The average molecular weight is 356 g/mol. The van der Waals surface area contributed by atoms with Crippen molar-refractivity contribution >= 4 is 56.1 Å². The van der Waals surface area contributed by atoms with E-state index in [-0.39, 0.29) is 0 Å². The van der Waals surface area contributed by atoms with Crippen molar-refractivity contribution in [2.45, 2.75) is 6.92 Å². The van der Waals surface area contributed by atoms with Gasteiger partial charge in [-0.25, -0.2) is 0 Å². The first-order valence-electron chi connectivity index (χ1n) is 5.60. The fraction of sp³-hybridized carbons (Fsp3) is 0.0714. The van der Waals surface area contributed by atoms with Crippen molar-refractivity contribution in [2.24, 2.45) is 5.73 Å².